The zero-order valence-corrected chi connectivity index (χ0v) is 20.2. The Bertz CT molecular complexity index is 1240. The molecule has 0 unspecified atom stereocenters. The van der Waals surface area contributed by atoms with Gasteiger partial charge < -0.3 is 4.90 Å². The number of nitrogens with one attached hydrogen (secondary N) is 1. The highest BCUT2D eigenvalue weighted by Crippen LogP contribution is 2.36. The van der Waals surface area contributed by atoms with Gasteiger partial charge in [0.25, 0.3) is 0 Å². The Balaban J connectivity index is 1.44. The topological polar surface area (TPSA) is 65.4 Å². The monoisotopic (exact) mass is 443 g/mol. The quantitative estimate of drug-likeness (QED) is 0.482. The van der Waals surface area contributed by atoms with E-state index in [2.05, 4.69) is 89.9 Å². The summed E-state index contributed by atoms with van der Waals surface area (Å²) in [4.78, 5) is 9.37. The van der Waals surface area contributed by atoms with Crippen LogP contribution in [-0.4, -0.2) is 61.9 Å². The lowest BCUT2D eigenvalue weighted by Crippen LogP contribution is -2.48. The summed E-state index contributed by atoms with van der Waals surface area (Å²) in [5.74, 6) is 0.323. The number of rotatable bonds is 5. The number of nitrogens with zero attached hydrogens (tertiary/aromatic N) is 6. The van der Waals surface area contributed by atoms with Gasteiger partial charge in [-0.05, 0) is 56.0 Å². The van der Waals surface area contributed by atoms with Crippen molar-refractivity contribution < 1.29 is 0 Å². The molecule has 0 amide bonds. The summed E-state index contributed by atoms with van der Waals surface area (Å²) in [6, 6.07) is 11.7. The lowest BCUT2D eigenvalue weighted by Gasteiger charge is -2.38. The van der Waals surface area contributed by atoms with Crippen LogP contribution in [0.15, 0.2) is 42.9 Å². The summed E-state index contributed by atoms with van der Waals surface area (Å²) in [5, 5.41) is 12.4. The van der Waals surface area contributed by atoms with E-state index in [0.717, 1.165) is 54.3 Å². The molecule has 1 fully saturated rings. The van der Waals surface area contributed by atoms with Gasteiger partial charge in [-0.25, -0.2) is 9.50 Å². The first-order valence-electron chi connectivity index (χ1n) is 11.9. The molecule has 1 aliphatic rings. The van der Waals surface area contributed by atoms with Crippen molar-refractivity contribution in [2.75, 3.05) is 31.1 Å². The smallest absolute Gasteiger partial charge is 0.158 e. The molecule has 5 rings (SSSR count). The summed E-state index contributed by atoms with van der Waals surface area (Å²) in [7, 11) is 0. The fourth-order valence-electron chi connectivity index (χ4n) is 4.91. The van der Waals surface area contributed by atoms with Gasteiger partial charge in [-0.1, -0.05) is 26.0 Å². The van der Waals surface area contributed by atoms with E-state index in [4.69, 9.17) is 5.10 Å². The lowest BCUT2D eigenvalue weighted by molar-refractivity contribution is 0.209. The maximum absolute atomic E-state index is 4.75. The third kappa shape index (κ3) is 4.02. The number of piperazine rings is 1. The molecule has 4 heterocycles. The predicted molar refractivity (Wildman–Crippen MR) is 134 cm³/mol. The highest BCUT2D eigenvalue weighted by Gasteiger charge is 2.22. The number of H-pyrrole nitrogens is 1. The number of anilines is 1. The van der Waals surface area contributed by atoms with Crippen molar-refractivity contribution in [1.82, 2.24) is 29.7 Å². The Labute approximate surface area is 195 Å². The second-order valence-electron chi connectivity index (χ2n) is 9.62. The first kappa shape index (κ1) is 21.6. The van der Waals surface area contributed by atoms with E-state index in [1.165, 1.54) is 16.8 Å². The van der Waals surface area contributed by atoms with Gasteiger partial charge >= 0.3 is 0 Å². The Morgan fingerprint density at radius 1 is 0.939 bits per heavy atom. The Morgan fingerprint density at radius 3 is 2.33 bits per heavy atom. The second kappa shape index (κ2) is 8.63. The molecule has 1 aromatic carbocycles. The van der Waals surface area contributed by atoms with Crippen molar-refractivity contribution in [3.8, 4) is 22.5 Å². The molecule has 0 atom stereocenters. The van der Waals surface area contributed by atoms with E-state index in [9.17, 15) is 0 Å². The number of hydrogen-bond acceptors (Lipinski definition) is 5. The maximum atomic E-state index is 4.75. The van der Waals surface area contributed by atoms with Crippen LogP contribution in [0.4, 0.5) is 5.69 Å². The molecule has 1 N–H and O–H groups in total. The zero-order valence-electron chi connectivity index (χ0n) is 20.2. The number of aromatic amines is 1. The number of aryl methyl sites for hydroxylation is 1. The van der Waals surface area contributed by atoms with Gasteiger partial charge in [0.2, 0.25) is 0 Å². The van der Waals surface area contributed by atoms with Crippen molar-refractivity contribution in [2.45, 2.75) is 46.6 Å². The number of hydrogen-bond donors (Lipinski definition) is 1. The van der Waals surface area contributed by atoms with Gasteiger partial charge in [0.05, 0.1) is 11.4 Å². The number of fused-ring (bicyclic) bond motifs is 1. The van der Waals surface area contributed by atoms with Crippen LogP contribution in [0.1, 0.15) is 44.7 Å². The average molecular weight is 444 g/mol. The number of aromatic nitrogens is 5. The predicted octanol–water partition coefficient (Wildman–Crippen LogP) is 4.75. The minimum atomic E-state index is 0.323. The van der Waals surface area contributed by atoms with Crippen LogP contribution in [0.25, 0.3) is 28.2 Å². The normalized spacial score (nSPS) is 15.3. The molecule has 33 heavy (non-hydrogen) atoms. The minimum absolute atomic E-state index is 0.323. The largest absolute Gasteiger partial charge is 0.369 e. The molecule has 7 heteroatoms. The first-order valence-corrected chi connectivity index (χ1v) is 11.9. The SMILES string of the molecule is Cc1cc(-c2n[nH]c(-c3ccc(N4CCN(C(C)C)CC4)cc3)c2C(C)C)cn2ncnc12. The highest BCUT2D eigenvalue weighted by molar-refractivity contribution is 5.76. The summed E-state index contributed by atoms with van der Waals surface area (Å²) in [6.45, 7) is 15.5. The summed E-state index contributed by atoms with van der Waals surface area (Å²) < 4.78 is 1.83. The van der Waals surface area contributed by atoms with E-state index in [1.807, 2.05) is 10.7 Å². The molecular weight excluding hydrogens is 410 g/mol. The van der Waals surface area contributed by atoms with Crippen LogP contribution in [0.5, 0.6) is 0 Å². The van der Waals surface area contributed by atoms with Gasteiger partial charge in [0.15, 0.2) is 5.65 Å². The van der Waals surface area contributed by atoms with Crippen molar-refractivity contribution in [1.29, 1.82) is 0 Å². The average Bonchev–Trinajstić information content (AvgIpc) is 3.47. The molecule has 7 nitrogen and oxygen atoms in total. The highest BCUT2D eigenvalue weighted by atomic mass is 15.3. The fraction of sp³-hybridized carbons (Fsp3) is 0.423. The second-order valence-corrected chi connectivity index (χ2v) is 9.62. The molecule has 0 aliphatic carbocycles. The Kier molecular flexibility index (Phi) is 5.66. The number of pyridine rings is 1. The minimum Gasteiger partial charge on any atom is -0.369 e. The van der Waals surface area contributed by atoms with Crippen molar-refractivity contribution in [2.24, 2.45) is 0 Å². The van der Waals surface area contributed by atoms with Gasteiger partial charge in [-0.2, -0.15) is 10.2 Å². The molecule has 1 saturated heterocycles. The third-order valence-corrected chi connectivity index (χ3v) is 6.78. The zero-order chi connectivity index (χ0) is 23.1. The van der Waals surface area contributed by atoms with Crippen LogP contribution in [0.3, 0.4) is 0 Å². The van der Waals surface area contributed by atoms with Gasteiger partial charge in [-0.15, -0.1) is 0 Å². The Morgan fingerprint density at radius 2 is 1.67 bits per heavy atom. The molecule has 4 aromatic rings. The molecule has 172 valence electrons. The van der Waals surface area contributed by atoms with E-state index in [1.54, 1.807) is 6.33 Å². The van der Waals surface area contributed by atoms with Crippen molar-refractivity contribution in [3.63, 3.8) is 0 Å². The van der Waals surface area contributed by atoms with Crippen LogP contribution in [0, 0.1) is 6.92 Å². The Hall–Kier alpha value is -3.19. The molecular formula is C26H33N7. The maximum Gasteiger partial charge on any atom is 0.158 e. The molecule has 0 spiro atoms. The summed E-state index contributed by atoms with van der Waals surface area (Å²) >= 11 is 0. The summed E-state index contributed by atoms with van der Waals surface area (Å²) in [5.41, 5.74) is 8.78. The van der Waals surface area contributed by atoms with Crippen molar-refractivity contribution in [3.05, 3.63) is 54.0 Å². The lowest BCUT2D eigenvalue weighted by atomic mass is 9.94. The van der Waals surface area contributed by atoms with Crippen LogP contribution in [-0.2, 0) is 0 Å². The van der Waals surface area contributed by atoms with Crippen LogP contribution in [0.2, 0.25) is 0 Å². The molecule has 0 radical (unpaired) electrons. The van der Waals surface area contributed by atoms with E-state index in [0.29, 0.717) is 12.0 Å². The van der Waals surface area contributed by atoms with Crippen LogP contribution >= 0.6 is 0 Å². The van der Waals surface area contributed by atoms with Crippen molar-refractivity contribution >= 4 is 11.3 Å². The summed E-state index contributed by atoms with van der Waals surface area (Å²) in [6.07, 6.45) is 3.61. The van der Waals surface area contributed by atoms with Crippen LogP contribution < -0.4 is 4.90 Å². The molecule has 0 saturated carbocycles. The van der Waals surface area contributed by atoms with Gasteiger partial charge in [0, 0.05) is 55.2 Å². The first-order chi connectivity index (χ1) is 15.9. The molecule has 3 aromatic heterocycles. The number of benzene rings is 1. The molecule has 0 bridgehead atoms. The van der Waals surface area contributed by atoms with E-state index < -0.39 is 0 Å². The molecule has 1 aliphatic heterocycles. The van der Waals surface area contributed by atoms with E-state index in [-0.39, 0.29) is 0 Å². The van der Waals surface area contributed by atoms with E-state index >= 15 is 0 Å². The fourth-order valence-corrected chi connectivity index (χ4v) is 4.91. The van der Waals surface area contributed by atoms with Gasteiger partial charge in [-0.3, -0.25) is 10.00 Å². The van der Waals surface area contributed by atoms with Gasteiger partial charge in [0.1, 0.15) is 6.33 Å². The standard InChI is InChI=1S/C26H33N7/c1-17(2)23-24(29-30-25(23)21-14-19(5)26-27-16-28-33(26)15-21)20-6-8-22(9-7-20)32-12-10-31(11-13-32)18(3)4/h6-9,14-18H,10-13H2,1-5H3,(H,29,30). The third-order valence-electron chi connectivity index (χ3n) is 6.78.